The molecule has 2 aromatic rings. The van der Waals surface area contributed by atoms with Crippen LogP contribution in [0.1, 0.15) is 54.4 Å². The molecule has 2 aromatic carbocycles. The summed E-state index contributed by atoms with van der Waals surface area (Å²) in [5.41, 5.74) is 2.54. The Morgan fingerprint density at radius 3 is 2.56 bits per heavy atom. The van der Waals surface area contributed by atoms with Gasteiger partial charge in [0, 0.05) is 11.3 Å². The quantitative estimate of drug-likeness (QED) is 0.745. The third kappa shape index (κ3) is 5.35. The summed E-state index contributed by atoms with van der Waals surface area (Å²) in [6, 6.07) is 15.2. The van der Waals surface area contributed by atoms with Crippen LogP contribution < -0.4 is 10.1 Å². The highest BCUT2D eigenvalue weighted by molar-refractivity contribution is 6.04. The Kier molecular flexibility index (Phi) is 6.10. The zero-order valence-corrected chi connectivity index (χ0v) is 15.0. The van der Waals surface area contributed by atoms with Gasteiger partial charge in [0.05, 0.1) is 6.61 Å². The number of rotatable bonds is 6. The van der Waals surface area contributed by atoms with E-state index in [1.54, 1.807) is 0 Å². The SMILES string of the molecule is Cc1cccc(C(=O)Nc2ccc(OCCC3CCCCC3)cc2)c1. The minimum atomic E-state index is -0.0883. The predicted molar refractivity (Wildman–Crippen MR) is 102 cm³/mol. The van der Waals surface area contributed by atoms with Gasteiger partial charge in [-0.2, -0.15) is 0 Å². The molecule has 25 heavy (non-hydrogen) atoms. The molecule has 0 atom stereocenters. The lowest BCUT2D eigenvalue weighted by molar-refractivity contribution is 0.102. The molecule has 0 spiro atoms. The fraction of sp³-hybridized carbons (Fsp3) is 0.409. The molecule has 1 amide bonds. The molecule has 0 radical (unpaired) electrons. The Hall–Kier alpha value is -2.29. The van der Waals surface area contributed by atoms with Crippen molar-refractivity contribution in [1.82, 2.24) is 0 Å². The number of amides is 1. The number of ether oxygens (including phenoxy) is 1. The van der Waals surface area contributed by atoms with Crippen molar-refractivity contribution in [2.24, 2.45) is 5.92 Å². The fourth-order valence-corrected chi connectivity index (χ4v) is 3.44. The average Bonchev–Trinajstić information content (AvgIpc) is 2.64. The lowest BCUT2D eigenvalue weighted by atomic mass is 9.87. The summed E-state index contributed by atoms with van der Waals surface area (Å²) in [5, 5.41) is 2.93. The lowest BCUT2D eigenvalue weighted by Gasteiger charge is -2.21. The zero-order valence-electron chi connectivity index (χ0n) is 15.0. The van der Waals surface area contributed by atoms with Gasteiger partial charge in [-0.3, -0.25) is 4.79 Å². The Bertz CT molecular complexity index is 687. The third-order valence-corrected chi connectivity index (χ3v) is 4.91. The second-order valence-electron chi connectivity index (χ2n) is 6.99. The number of anilines is 1. The number of carbonyl (C=O) groups excluding carboxylic acids is 1. The Balaban J connectivity index is 1.47. The minimum absolute atomic E-state index is 0.0883. The Labute approximate surface area is 150 Å². The van der Waals surface area contributed by atoms with Crippen molar-refractivity contribution in [2.45, 2.75) is 45.4 Å². The van der Waals surface area contributed by atoms with Crippen molar-refractivity contribution in [3.63, 3.8) is 0 Å². The van der Waals surface area contributed by atoms with E-state index in [0.717, 1.165) is 35.9 Å². The summed E-state index contributed by atoms with van der Waals surface area (Å²) in [5.74, 6) is 1.61. The van der Waals surface area contributed by atoms with Gasteiger partial charge in [0.1, 0.15) is 5.75 Å². The maximum atomic E-state index is 12.3. The van der Waals surface area contributed by atoms with Gasteiger partial charge in [-0.25, -0.2) is 0 Å². The van der Waals surface area contributed by atoms with Crippen LogP contribution in [0.4, 0.5) is 5.69 Å². The summed E-state index contributed by atoms with van der Waals surface area (Å²) < 4.78 is 5.86. The van der Waals surface area contributed by atoms with Crippen molar-refractivity contribution in [3.05, 3.63) is 59.7 Å². The van der Waals surface area contributed by atoms with Gasteiger partial charge < -0.3 is 10.1 Å². The van der Waals surface area contributed by atoms with E-state index in [1.807, 2.05) is 55.5 Å². The van der Waals surface area contributed by atoms with E-state index in [1.165, 1.54) is 32.1 Å². The van der Waals surface area contributed by atoms with Crippen molar-refractivity contribution in [3.8, 4) is 5.75 Å². The van der Waals surface area contributed by atoms with E-state index < -0.39 is 0 Å². The molecule has 1 saturated carbocycles. The minimum Gasteiger partial charge on any atom is -0.494 e. The van der Waals surface area contributed by atoms with E-state index in [4.69, 9.17) is 4.74 Å². The molecule has 0 heterocycles. The first-order valence-electron chi connectivity index (χ1n) is 9.31. The van der Waals surface area contributed by atoms with Crippen molar-refractivity contribution in [2.75, 3.05) is 11.9 Å². The molecule has 1 aliphatic carbocycles. The molecule has 0 aliphatic heterocycles. The molecule has 0 bridgehead atoms. The number of benzene rings is 2. The molecule has 3 rings (SSSR count). The summed E-state index contributed by atoms with van der Waals surface area (Å²) >= 11 is 0. The van der Waals surface area contributed by atoms with Crippen LogP contribution in [0.5, 0.6) is 5.75 Å². The number of aryl methyl sites for hydroxylation is 1. The monoisotopic (exact) mass is 337 g/mol. The zero-order chi connectivity index (χ0) is 17.5. The van der Waals surface area contributed by atoms with E-state index >= 15 is 0 Å². The van der Waals surface area contributed by atoms with Crippen LogP contribution in [0, 0.1) is 12.8 Å². The molecule has 3 heteroatoms. The van der Waals surface area contributed by atoms with Crippen LogP contribution in [0.2, 0.25) is 0 Å². The number of hydrogen-bond acceptors (Lipinski definition) is 2. The summed E-state index contributed by atoms with van der Waals surface area (Å²) in [7, 11) is 0. The van der Waals surface area contributed by atoms with Gasteiger partial charge in [-0.1, -0.05) is 49.8 Å². The molecule has 132 valence electrons. The topological polar surface area (TPSA) is 38.3 Å². The smallest absolute Gasteiger partial charge is 0.255 e. The third-order valence-electron chi connectivity index (χ3n) is 4.91. The summed E-state index contributed by atoms with van der Waals surface area (Å²) in [6.45, 7) is 2.76. The van der Waals surface area contributed by atoms with Crippen molar-refractivity contribution in [1.29, 1.82) is 0 Å². The van der Waals surface area contributed by atoms with Crippen molar-refractivity contribution < 1.29 is 9.53 Å². The second-order valence-corrected chi connectivity index (χ2v) is 6.99. The number of hydrogen-bond donors (Lipinski definition) is 1. The largest absolute Gasteiger partial charge is 0.494 e. The van der Waals surface area contributed by atoms with E-state index in [0.29, 0.717) is 5.56 Å². The first-order valence-corrected chi connectivity index (χ1v) is 9.31. The normalized spacial score (nSPS) is 14.9. The van der Waals surface area contributed by atoms with Gasteiger partial charge in [-0.05, 0) is 55.7 Å². The molecule has 1 N–H and O–H groups in total. The van der Waals surface area contributed by atoms with Crippen LogP contribution >= 0.6 is 0 Å². The number of nitrogens with one attached hydrogen (secondary N) is 1. The lowest BCUT2D eigenvalue weighted by Crippen LogP contribution is -2.12. The Morgan fingerprint density at radius 1 is 1.08 bits per heavy atom. The molecule has 1 fully saturated rings. The van der Waals surface area contributed by atoms with E-state index in [2.05, 4.69) is 5.32 Å². The van der Waals surface area contributed by atoms with Gasteiger partial charge >= 0.3 is 0 Å². The van der Waals surface area contributed by atoms with Crippen molar-refractivity contribution >= 4 is 11.6 Å². The van der Waals surface area contributed by atoms with Gasteiger partial charge in [-0.15, -0.1) is 0 Å². The summed E-state index contributed by atoms with van der Waals surface area (Å²) in [4.78, 5) is 12.3. The van der Waals surface area contributed by atoms with Gasteiger partial charge in [0.2, 0.25) is 0 Å². The fourth-order valence-electron chi connectivity index (χ4n) is 3.44. The predicted octanol–water partition coefficient (Wildman–Crippen LogP) is 5.60. The second kappa shape index (κ2) is 8.70. The molecule has 1 aliphatic rings. The van der Waals surface area contributed by atoms with Crippen LogP contribution in [0.3, 0.4) is 0 Å². The van der Waals surface area contributed by atoms with Crippen LogP contribution in [-0.4, -0.2) is 12.5 Å². The van der Waals surface area contributed by atoms with Crippen LogP contribution in [0.15, 0.2) is 48.5 Å². The molecular weight excluding hydrogens is 310 g/mol. The van der Waals surface area contributed by atoms with E-state index in [-0.39, 0.29) is 5.91 Å². The first-order chi connectivity index (χ1) is 12.2. The maximum absolute atomic E-state index is 12.3. The highest BCUT2D eigenvalue weighted by Gasteiger charge is 2.13. The molecule has 0 aromatic heterocycles. The summed E-state index contributed by atoms with van der Waals surface area (Å²) in [6.07, 6.45) is 8.00. The van der Waals surface area contributed by atoms with E-state index in [9.17, 15) is 4.79 Å². The molecule has 3 nitrogen and oxygen atoms in total. The highest BCUT2D eigenvalue weighted by atomic mass is 16.5. The Morgan fingerprint density at radius 2 is 1.84 bits per heavy atom. The van der Waals surface area contributed by atoms with Crippen LogP contribution in [-0.2, 0) is 0 Å². The standard InChI is InChI=1S/C22H27NO2/c1-17-6-5-9-19(16-17)22(24)23-20-10-12-21(13-11-20)25-15-14-18-7-3-2-4-8-18/h5-6,9-13,16,18H,2-4,7-8,14-15H2,1H3,(H,23,24). The van der Waals surface area contributed by atoms with Gasteiger partial charge in [0.15, 0.2) is 0 Å². The maximum Gasteiger partial charge on any atom is 0.255 e. The van der Waals surface area contributed by atoms with Gasteiger partial charge in [0.25, 0.3) is 5.91 Å². The molecule has 0 unspecified atom stereocenters. The first kappa shape index (κ1) is 17.5. The van der Waals surface area contributed by atoms with Crippen LogP contribution in [0.25, 0.3) is 0 Å². The highest BCUT2D eigenvalue weighted by Crippen LogP contribution is 2.26. The molecular formula is C22H27NO2. The molecule has 0 saturated heterocycles. The average molecular weight is 337 g/mol. The number of carbonyl (C=O) groups is 1.